The molecule has 0 atom stereocenters. The molecule has 1 heterocycles. The number of hydrogen-bond acceptors (Lipinski definition) is 3. The van der Waals surface area contributed by atoms with Crippen LogP contribution in [0.4, 0.5) is 0 Å². The van der Waals surface area contributed by atoms with E-state index in [1.54, 1.807) is 60.2 Å². The number of fused-ring (bicyclic) bond motifs is 1. The molecule has 4 aromatic rings. The predicted molar refractivity (Wildman–Crippen MR) is 132 cm³/mol. The Bertz CT molecular complexity index is 1330. The Morgan fingerprint density at radius 1 is 0.909 bits per heavy atom. The number of nitrogens with one attached hydrogen (secondary N) is 1. The lowest BCUT2D eigenvalue weighted by Crippen LogP contribution is -2.25. The normalized spacial score (nSPS) is 10.9. The number of methoxy groups -OCH3 is 1. The van der Waals surface area contributed by atoms with Crippen molar-refractivity contribution in [3.05, 3.63) is 99.2 Å². The van der Waals surface area contributed by atoms with Crippen molar-refractivity contribution >= 4 is 45.9 Å². The van der Waals surface area contributed by atoms with Crippen LogP contribution in [0.15, 0.2) is 66.7 Å². The molecule has 0 saturated heterocycles. The topological polar surface area (TPSA) is 60.3 Å². The average molecular weight is 481 g/mol. The van der Waals surface area contributed by atoms with Crippen LogP contribution in [0.2, 0.25) is 10.0 Å². The summed E-state index contributed by atoms with van der Waals surface area (Å²) < 4.78 is 7.11. The van der Waals surface area contributed by atoms with Gasteiger partial charge < -0.3 is 10.1 Å². The third-order valence-corrected chi connectivity index (χ3v) is 6.11. The van der Waals surface area contributed by atoms with Gasteiger partial charge in [0, 0.05) is 38.8 Å². The van der Waals surface area contributed by atoms with E-state index in [-0.39, 0.29) is 11.8 Å². The highest BCUT2D eigenvalue weighted by Crippen LogP contribution is 2.30. The summed E-state index contributed by atoms with van der Waals surface area (Å²) in [6, 6.07) is 19.2. The highest BCUT2D eigenvalue weighted by Gasteiger charge is 2.20. The minimum absolute atomic E-state index is 0.143. The second kappa shape index (κ2) is 9.69. The number of hydrogen-bond donors (Lipinski definition) is 1. The zero-order chi connectivity index (χ0) is 23.5. The Morgan fingerprint density at radius 3 is 2.12 bits per heavy atom. The molecular formula is C26H22Cl2N2O3. The van der Waals surface area contributed by atoms with Crippen LogP contribution in [-0.2, 0) is 6.42 Å². The van der Waals surface area contributed by atoms with Gasteiger partial charge in [0.25, 0.3) is 11.8 Å². The van der Waals surface area contributed by atoms with E-state index in [1.807, 2.05) is 25.1 Å². The van der Waals surface area contributed by atoms with Crippen LogP contribution in [0.1, 0.15) is 32.0 Å². The van der Waals surface area contributed by atoms with Gasteiger partial charge >= 0.3 is 0 Å². The van der Waals surface area contributed by atoms with Crippen molar-refractivity contribution in [2.75, 3.05) is 13.7 Å². The van der Waals surface area contributed by atoms with Crippen LogP contribution >= 0.6 is 23.2 Å². The smallest absolute Gasteiger partial charge is 0.262 e. The lowest BCUT2D eigenvalue weighted by atomic mass is 10.1. The maximum Gasteiger partial charge on any atom is 0.262 e. The zero-order valence-corrected chi connectivity index (χ0v) is 19.7. The lowest BCUT2D eigenvalue weighted by molar-refractivity contribution is 0.0948. The first-order valence-electron chi connectivity index (χ1n) is 10.4. The van der Waals surface area contributed by atoms with Crippen molar-refractivity contribution in [3.8, 4) is 5.75 Å². The number of aromatic nitrogens is 1. The summed E-state index contributed by atoms with van der Waals surface area (Å²) in [5, 5.41) is 5.00. The Morgan fingerprint density at radius 2 is 1.52 bits per heavy atom. The Labute approximate surface area is 201 Å². The number of rotatable bonds is 6. The minimum Gasteiger partial charge on any atom is -0.497 e. The molecule has 4 rings (SSSR count). The molecule has 0 fully saturated rings. The number of benzene rings is 3. The molecule has 1 aromatic heterocycles. The van der Waals surface area contributed by atoms with Gasteiger partial charge in [0.15, 0.2) is 0 Å². The van der Waals surface area contributed by atoms with E-state index in [9.17, 15) is 9.59 Å². The molecule has 0 spiro atoms. The van der Waals surface area contributed by atoms with Gasteiger partial charge in [0.05, 0.1) is 12.6 Å². The van der Waals surface area contributed by atoms with Crippen LogP contribution in [0, 0.1) is 6.92 Å². The van der Waals surface area contributed by atoms with Crippen molar-refractivity contribution in [2.24, 2.45) is 0 Å². The quantitative estimate of drug-likeness (QED) is 0.372. The van der Waals surface area contributed by atoms with Crippen LogP contribution in [0.5, 0.6) is 5.75 Å². The van der Waals surface area contributed by atoms with Gasteiger partial charge in [-0.1, -0.05) is 23.2 Å². The second-order valence-electron chi connectivity index (χ2n) is 7.61. The van der Waals surface area contributed by atoms with Crippen molar-refractivity contribution in [1.82, 2.24) is 9.88 Å². The predicted octanol–water partition coefficient (Wildman–Crippen LogP) is 5.93. The van der Waals surface area contributed by atoms with Crippen LogP contribution in [-0.4, -0.2) is 30.0 Å². The summed E-state index contributed by atoms with van der Waals surface area (Å²) in [5.74, 6) is 0.378. The summed E-state index contributed by atoms with van der Waals surface area (Å²) >= 11 is 11.9. The van der Waals surface area contributed by atoms with E-state index in [0.29, 0.717) is 39.9 Å². The molecule has 0 saturated carbocycles. The monoisotopic (exact) mass is 480 g/mol. The molecule has 5 nitrogen and oxygen atoms in total. The fourth-order valence-electron chi connectivity index (χ4n) is 3.89. The van der Waals surface area contributed by atoms with E-state index in [2.05, 4.69) is 5.32 Å². The number of carbonyl (C=O) groups excluding carboxylic acids is 2. The third kappa shape index (κ3) is 4.75. The first-order chi connectivity index (χ1) is 15.9. The summed E-state index contributed by atoms with van der Waals surface area (Å²) in [6.45, 7) is 2.32. The molecule has 0 bridgehead atoms. The molecule has 0 unspecified atom stereocenters. The van der Waals surface area contributed by atoms with Gasteiger partial charge in [-0.05, 0) is 85.6 Å². The minimum atomic E-state index is -0.178. The number of halogens is 2. The number of amides is 1. The summed E-state index contributed by atoms with van der Waals surface area (Å²) in [4.78, 5) is 25.8. The van der Waals surface area contributed by atoms with Crippen molar-refractivity contribution in [2.45, 2.75) is 13.3 Å². The molecule has 168 valence electrons. The van der Waals surface area contributed by atoms with E-state index >= 15 is 0 Å². The van der Waals surface area contributed by atoms with E-state index < -0.39 is 0 Å². The highest BCUT2D eigenvalue weighted by molar-refractivity contribution is 6.31. The molecule has 0 aliphatic heterocycles. The maximum absolute atomic E-state index is 13.4. The average Bonchev–Trinajstić information content (AvgIpc) is 3.10. The first kappa shape index (κ1) is 22.9. The van der Waals surface area contributed by atoms with Crippen molar-refractivity contribution < 1.29 is 14.3 Å². The largest absolute Gasteiger partial charge is 0.497 e. The Hall–Kier alpha value is -3.28. The van der Waals surface area contributed by atoms with Crippen molar-refractivity contribution in [3.63, 3.8) is 0 Å². The summed E-state index contributed by atoms with van der Waals surface area (Å²) in [5.41, 5.74) is 3.66. The fraction of sp³-hybridized carbons (Fsp3) is 0.154. The van der Waals surface area contributed by atoms with Gasteiger partial charge in [-0.15, -0.1) is 0 Å². The highest BCUT2D eigenvalue weighted by atomic mass is 35.5. The van der Waals surface area contributed by atoms with E-state index in [4.69, 9.17) is 27.9 Å². The Kier molecular flexibility index (Phi) is 6.72. The van der Waals surface area contributed by atoms with Gasteiger partial charge in [-0.25, -0.2) is 0 Å². The number of ether oxygens (including phenoxy) is 1. The molecule has 1 amide bonds. The first-order valence-corrected chi connectivity index (χ1v) is 11.2. The van der Waals surface area contributed by atoms with Crippen LogP contribution in [0.3, 0.4) is 0 Å². The standard InChI is InChI=1S/C26H22Cl2N2O3/c1-16-22(13-14-29-25(31)17-3-7-19(27)8-4-17)23-15-21(33-2)11-12-24(23)30(16)26(32)18-5-9-20(28)10-6-18/h3-12,15H,13-14H2,1-2H3,(H,29,31). The number of carbonyl (C=O) groups is 2. The molecule has 3 aromatic carbocycles. The Balaban J connectivity index is 1.65. The SMILES string of the molecule is COc1ccc2c(c1)c(CCNC(=O)c1ccc(Cl)cc1)c(C)n2C(=O)c1ccc(Cl)cc1. The van der Waals surface area contributed by atoms with Crippen LogP contribution < -0.4 is 10.1 Å². The van der Waals surface area contributed by atoms with Crippen LogP contribution in [0.25, 0.3) is 10.9 Å². The van der Waals surface area contributed by atoms with Crippen molar-refractivity contribution in [1.29, 1.82) is 0 Å². The van der Waals surface area contributed by atoms with Gasteiger partial charge in [0.1, 0.15) is 5.75 Å². The third-order valence-electron chi connectivity index (χ3n) is 5.60. The molecule has 0 aliphatic carbocycles. The lowest BCUT2D eigenvalue weighted by Gasteiger charge is -2.09. The van der Waals surface area contributed by atoms with Gasteiger partial charge in [0.2, 0.25) is 0 Å². The fourth-order valence-corrected chi connectivity index (χ4v) is 4.14. The van der Waals surface area contributed by atoms with E-state index in [1.165, 1.54) is 0 Å². The zero-order valence-electron chi connectivity index (χ0n) is 18.2. The van der Waals surface area contributed by atoms with E-state index in [0.717, 1.165) is 22.2 Å². The maximum atomic E-state index is 13.4. The second-order valence-corrected chi connectivity index (χ2v) is 8.48. The molecule has 1 N–H and O–H groups in total. The molecule has 0 aliphatic rings. The molecule has 0 radical (unpaired) electrons. The van der Waals surface area contributed by atoms with Gasteiger partial charge in [-0.2, -0.15) is 0 Å². The molecule has 7 heteroatoms. The molecular weight excluding hydrogens is 459 g/mol. The van der Waals surface area contributed by atoms with Gasteiger partial charge in [-0.3, -0.25) is 14.2 Å². The molecule has 33 heavy (non-hydrogen) atoms. The summed E-state index contributed by atoms with van der Waals surface area (Å²) in [6.07, 6.45) is 0.551. The summed E-state index contributed by atoms with van der Waals surface area (Å²) in [7, 11) is 1.61. The number of nitrogens with zero attached hydrogens (tertiary/aromatic N) is 1.